The summed E-state index contributed by atoms with van der Waals surface area (Å²) in [6, 6.07) is 0.293. The van der Waals surface area contributed by atoms with E-state index in [0.717, 1.165) is 44.3 Å². The van der Waals surface area contributed by atoms with E-state index in [2.05, 4.69) is 25.3 Å². The van der Waals surface area contributed by atoms with Gasteiger partial charge in [-0.3, -0.25) is 14.5 Å². The second-order valence-electron chi connectivity index (χ2n) is 11.3. The Morgan fingerprint density at radius 2 is 2.14 bits per heavy atom. The Morgan fingerprint density at radius 1 is 1.38 bits per heavy atom. The molecule has 6 aliphatic rings. The van der Waals surface area contributed by atoms with Crippen molar-refractivity contribution >= 4 is 11.8 Å². The number of esters is 1. The highest BCUT2D eigenvalue weighted by Crippen LogP contribution is 2.83. The van der Waals surface area contributed by atoms with Gasteiger partial charge in [0.2, 0.25) is 0 Å². The Labute approximate surface area is 172 Å². The van der Waals surface area contributed by atoms with E-state index in [1.165, 1.54) is 6.92 Å². The van der Waals surface area contributed by atoms with Gasteiger partial charge in [0.05, 0.1) is 6.10 Å². The highest BCUT2D eigenvalue weighted by atomic mass is 16.5. The normalized spacial score (nSPS) is 57.2. The number of hydrogen-bond donors (Lipinski definition) is 1. The number of ketones is 1. The Kier molecular flexibility index (Phi) is 3.42. The Balaban J connectivity index is 1.59. The lowest BCUT2D eigenvalue weighted by molar-refractivity contribution is -0.213. The number of hydrogen-bond acceptors (Lipinski definition) is 5. The summed E-state index contributed by atoms with van der Waals surface area (Å²) in [5, 5.41) is 11.6. The minimum atomic E-state index is -0.370. The third-order valence-corrected chi connectivity index (χ3v) is 10.6. The molecule has 5 nitrogen and oxygen atoms in total. The van der Waals surface area contributed by atoms with Crippen LogP contribution < -0.4 is 0 Å². The molecule has 5 aliphatic carbocycles. The van der Waals surface area contributed by atoms with Crippen LogP contribution in [-0.2, 0) is 14.3 Å². The smallest absolute Gasteiger partial charge is 0.303 e. The second-order valence-corrected chi connectivity index (χ2v) is 11.3. The quantitative estimate of drug-likeness (QED) is 0.571. The largest absolute Gasteiger partial charge is 0.457 e. The van der Waals surface area contributed by atoms with Gasteiger partial charge in [0, 0.05) is 42.7 Å². The molecule has 2 spiro atoms. The molecular formula is C24H33NO4. The Morgan fingerprint density at radius 3 is 2.83 bits per heavy atom. The first-order chi connectivity index (χ1) is 13.7. The summed E-state index contributed by atoms with van der Waals surface area (Å²) in [5.41, 5.74) is 0.561. The van der Waals surface area contributed by atoms with E-state index >= 15 is 0 Å². The van der Waals surface area contributed by atoms with Gasteiger partial charge in [-0.25, -0.2) is 0 Å². The molecule has 5 saturated carbocycles. The van der Waals surface area contributed by atoms with Gasteiger partial charge >= 0.3 is 5.97 Å². The maximum Gasteiger partial charge on any atom is 0.303 e. The summed E-state index contributed by atoms with van der Waals surface area (Å²) in [6.45, 7) is 12.5. The van der Waals surface area contributed by atoms with E-state index in [-0.39, 0.29) is 52.0 Å². The molecule has 0 aromatic heterocycles. The summed E-state index contributed by atoms with van der Waals surface area (Å²) in [7, 11) is 0. The molecule has 10 atom stereocenters. The SMILES string of the molecule is C=C1[C@H]2C[C@@]3([C@@H]1OC(C)=O)[C@@H](CC2=O)[C@@]12[C@H](O)CC[C@@]4(C)CN(CC)[C@@H]1[C@@H]3C[C@H]42. The number of aliphatic hydroxyl groups excluding tert-OH is 1. The molecule has 1 aliphatic heterocycles. The van der Waals surface area contributed by atoms with Gasteiger partial charge in [-0.15, -0.1) is 0 Å². The van der Waals surface area contributed by atoms with Crippen LogP contribution >= 0.6 is 0 Å². The van der Waals surface area contributed by atoms with Gasteiger partial charge in [-0.1, -0.05) is 20.4 Å². The van der Waals surface area contributed by atoms with Crippen molar-refractivity contribution in [3.63, 3.8) is 0 Å². The number of fused-ring (bicyclic) bond motifs is 1. The van der Waals surface area contributed by atoms with Gasteiger partial charge in [0.15, 0.2) is 0 Å². The van der Waals surface area contributed by atoms with E-state index in [9.17, 15) is 14.7 Å². The summed E-state index contributed by atoms with van der Waals surface area (Å²) < 4.78 is 5.96. The number of carbonyl (C=O) groups excluding carboxylic acids is 2. The Hall–Kier alpha value is -1.20. The van der Waals surface area contributed by atoms with Crippen LogP contribution in [0.5, 0.6) is 0 Å². The van der Waals surface area contributed by atoms with Crippen molar-refractivity contribution < 1.29 is 19.4 Å². The third-order valence-electron chi connectivity index (χ3n) is 10.6. The molecule has 6 fully saturated rings. The topological polar surface area (TPSA) is 66.8 Å². The predicted octanol–water partition coefficient (Wildman–Crippen LogP) is 2.57. The number of rotatable bonds is 2. The number of piperidine rings is 1. The van der Waals surface area contributed by atoms with E-state index in [0.29, 0.717) is 24.3 Å². The average molecular weight is 400 g/mol. The van der Waals surface area contributed by atoms with Crippen molar-refractivity contribution in [1.29, 1.82) is 0 Å². The number of ether oxygens (including phenoxy) is 1. The molecule has 5 heteroatoms. The molecule has 0 unspecified atom stereocenters. The number of aliphatic hydroxyl groups is 1. The molecule has 0 radical (unpaired) electrons. The van der Waals surface area contributed by atoms with Crippen molar-refractivity contribution in [2.45, 2.75) is 71.1 Å². The first-order valence-electron chi connectivity index (χ1n) is 11.5. The second kappa shape index (κ2) is 5.34. The maximum absolute atomic E-state index is 13.2. The van der Waals surface area contributed by atoms with Gasteiger partial charge in [-0.05, 0) is 61.0 Å². The lowest BCUT2D eigenvalue weighted by Gasteiger charge is -2.65. The van der Waals surface area contributed by atoms with Crippen LogP contribution in [0.1, 0.15) is 52.9 Å². The minimum Gasteiger partial charge on any atom is -0.457 e. The summed E-state index contributed by atoms with van der Waals surface area (Å²) >= 11 is 0. The van der Waals surface area contributed by atoms with Crippen molar-refractivity contribution in [1.82, 2.24) is 4.90 Å². The van der Waals surface area contributed by atoms with Crippen molar-refractivity contribution in [2.24, 2.45) is 39.9 Å². The zero-order valence-electron chi connectivity index (χ0n) is 17.8. The number of Topliss-reactive ketones (excluding diaryl/α,β-unsaturated/α-hetero) is 1. The minimum absolute atomic E-state index is 0.0973. The standard InChI is InChI=1S/C24H33NO4/c1-5-25-11-22(4)7-6-19(28)24-17(22)8-15(20(24)25)23-10-14(16(27)9-18(23)24)12(2)21(23)29-13(3)26/h14-15,17-21,28H,2,5-11H2,1,3-4H3/t14-,15+,17-,18-,19-,20-,21-,22+,23+,24+/m1/s1. The van der Waals surface area contributed by atoms with Gasteiger partial charge in [0.1, 0.15) is 11.9 Å². The zero-order chi connectivity index (χ0) is 20.5. The highest BCUT2D eigenvalue weighted by molar-refractivity contribution is 5.87. The molecule has 0 amide bonds. The van der Waals surface area contributed by atoms with Crippen molar-refractivity contribution in [2.75, 3.05) is 13.1 Å². The van der Waals surface area contributed by atoms with Crippen LogP contribution in [0.25, 0.3) is 0 Å². The molecule has 1 N–H and O–H groups in total. The van der Waals surface area contributed by atoms with Gasteiger partial charge in [-0.2, -0.15) is 0 Å². The van der Waals surface area contributed by atoms with Crippen LogP contribution in [0.3, 0.4) is 0 Å². The van der Waals surface area contributed by atoms with Crippen LogP contribution in [-0.4, -0.2) is 53.1 Å². The maximum atomic E-state index is 13.2. The fourth-order valence-electron chi connectivity index (χ4n) is 10.1. The molecule has 1 heterocycles. The van der Waals surface area contributed by atoms with Crippen LogP contribution in [0, 0.1) is 39.9 Å². The number of likely N-dealkylation sites (tertiary alicyclic amines) is 1. The van der Waals surface area contributed by atoms with E-state index < -0.39 is 0 Å². The van der Waals surface area contributed by atoms with Crippen LogP contribution in [0.4, 0.5) is 0 Å². The predicted molar refractivity (Wildman–Crippen MR) is 107 cm³/mol. The van der Waals surface area contributed by atoms with Crippen molar-refractivity contribution in [3.05, 3.63) is 12.2 Å². The highest BCUT2D eigenvalue weighted by Gasteiger charge is 2.85. The molecule has 29 heavy (non-hydrogen) atoms. The molecule has 0 aromatic carbocycles. The Bertz CT molecular complexity index is 839. The fourth-order valence-corrected chi connectivity index (χ4v) is 10.1. The number of nitrogens with zero attached hydrogens (tertiary/aromatic N) is 1. The van der Waals surface area contributed by atoms with Crippen LogP contribution in [0.2, 0.25) is 0 Å². The van der Waals surface area contributed by atoms with E-state index in [1.54, 1.807) is 0 Å². The first-order valence-corrected chi connectivity index (χ1v) is 11.5. The molecular weight excluding hydrogens is 366 g/mol. The average Bonchev–Trinajstić information content (AvgIpc) is 3.19. The van der Waals surface area contributed by atoms with E-state index in [4.69, 9.17) is 4.74 Å². The van der Waals surface area contributed by atoms with Gasteiger partial charge < -0.3 is 9.84 Å². The van der Waals surface area contributed by atoms with E-state index in [1.807, 2.05) is 0 Å². The zero-order valence-corrected chi connectivity index (χ0v) is 17.8. The summed E-state index contributed by atoms with van der Waals surface area (Å²) in [5.74, 6) is 0.727. The molecule has 6 rings (SSSR count). The van der Waals surface area contributed by atoms with Gasteiger partial charge in [0.25, 0.3) is 0 Å². The molecule has 1 saturated heterocycles. The summed E-state index contributed by atoms with van der Waals surface area (Å²) in [6.07, 6.45) is 3.54. The monoisotopic (exact) mass is 399 g/mol. The lowest BCUT2D eigenvalue weighted by atomic mass is 9.43. The number of carbonyl (C=O) groups is 2. The third kappa shape index (κ3) is 1.76. The van der Waals surface area contributed by atoms with Crippen LogP contribution in [0.15, 0.2) is 12.2 Å². The fraction of sp³-hybridized carbons (Fsp3) is 0.833. The first kappa shape index (κ1) is 18.6. The summed E-state index contributed by atoms with van der Waals surface area (Å²) in [4.78, 5) is 27.9. The molecule has 158 valence electrons. The molecule has 7 bridgehead atoms. The lowest BCUT2D eigenvalue weighted by Crippen LogP contribution is -2.68. The van der Waals surface area contributed by atoms with Crippen molar-refractivity contribution in [3.8, 4) is 0 Å². The molecule has 0 aromatic rings.